The van der Waals surface area contributed by atoms with Crippen LogP contribution in [0.1, 0.15) is 0 Å². The predicted molar refractivity (Wildman–Crippen MR) is 242 cm³/mol. The quantitative estimate of drug-likeness (QED) is 0.155. The summed E-state index contributed by atoms with van der Waals surface area (Å²) in [4.78, 5) is 16.0. The highest BCUT2D eigenvalue weighted by atomic mass is 15.2. The lowest BCUT2D eigenvalue weighted by Gasteiger charge is -2.30. The Balaban J connectivity index is 1.18. The highest BCUT2D eigenvalue weighted by Gasteiger charge is 2.29. The molecule has 0 unspecified atom stereocenters. The third-order valence-corrected chi connectivity index (χ3v) is 11.2. The second kappa shape index (κ2) is 14.0. The molecule has 0 radical (unpaired) electrons. The summed E-state index contributed by atoms with van der Waals surface area (Å²) in [5.74, 6) is 0. The van der Waals surface area contributed by atoms with E-state index in [0.717, 1.165) is 78.8 Å². The molecule has 1 heterocycles. The van der Waals surface area contributed by atoms with Crippen LogP contribution in [-0.2, 0) is 0 Å². The number of para-hydroxylation sites is 2. The fourth-order valence-electron chi connectivity index (χ4n) is 8.46. The first kappa shape index (κ1) is 33.5. The Morgan fingerprint density at radius 2 is 0.621 bits per heavy atom. The molecular weight excluding hydrogens is 705 g/mol. The van der Waals surface area contributed by atoms with Gasteiger partial charge in [0.1, 0.15) is 11.0 Å². The third kappa shape index (κ3) is 5.70. The second-order valence-electron chi connectivity index (χ2n) is 14.6. The van der Waals surface area contributed by atoms with Gasteiger partial charge >= 0.3 is 0 Å². The SMILES string of the molecule is c1ccc(-c2ccc(N(c3ccc(-c4ccccc4)cc3)c3ccc(N(c4ccccc4)c4ccccc4)c4nc5c(nc34)-c3cccc4cccc-5c34)cc2)cc1. The summed E-state index contributed by atoms with van der Waals surface area (Å²) < 4.78 is 0. The number of benzene rings is 9. The number of anilines is 6. The molecule has 9 aromatic carbocycles. The van der Waals surface area contributed by atoms with Gasteiger partial charge in [0.25, 0.3) is 0 Å². The molecule has 272 valence electrons. The Kier molecular flexibility index (Phi) is 8.11. The maximum absolute atomic E-state index is 5.70. The molecule has 0 N–H and O–H groups in total. The average Bonchev–Trinajstić information content (AvgIpc) is 3.62. The van der Waals surface area contributed by atoms with Crippen molar-refractivity contribution < 1.29 is 0 Å². The number of aromatic nitrogens is 2. The van der Waals surface area contributed by atoms with Gasteiger partial charge in [-0.15, -0.1) is 0 Å². The van der Waals surface area contributed by atoms with Gasteiger partial charge in [0.15, 0.2) is 0 Å². The molecule has 1 aliphatic carbocycles. The maximum atomic E-state index is 5.70. The van der Waals surface area contributed by atoms with Crippen molar-refractivity contribution in [3.8, 4) is 44.8 Å². The van der Waals surface area contributed by atoms with Crippen molar-refractivity contribution in [2.24, 2.45) is 0 Å². The highest BCUT2D eigenvalue weighted by Crippen LogP contribution is 2.50. The molecule has 4 nitrogen and oxygen atoms in total. The van der Waals surface area contributed by atoms with E-state index in [1.54, 1.807) is 0 Å². The van der Waals surface area contributed by atoms with Crippen LogP contribution in [0.25, 0.3) is 66.6 Å². The first-order valence-corrected chi connectivity index (χ1v) is 19.7. The van der Waals surface area contributed by atoms with Crippen LogP contribution >= 0.6 is 0 Å². The van der Waals surface area contributed by atoms with Gasteiger partial charge in [-0.2, -0.15) is 0 Å². The molecule has 0 amide bonds. The van der Waals surface area contributed by atoms with Gasteiger partial charge in [0.2, 0.25) is 0 Å². The zero-order valence-corrected chi connectivity index (χ0v) is 31.6. The molecule has 0 aliphatic heterocycles. The Morgan fingerprint density at radius 3 is 1.02 bits per heavy atom. The topological polar surface area (TPSA) is 32.3 Å². The lowest BCUT2D eigenvalue weighted by Crippen LogP contribution is -2.14. The van der Waals surface area contributed by atoms with Crippen LogP contribution in [0, 0.1) is 0 Å². The van der Waals surface area contributed by atoms with Gasteiger partial charge in [-0.3, -0.25) is 0 Å². The first-order chi connectivity index (χ1) is 28.8. The lowest BCUT2D eigenvalue weighted by atomic mass is 10.0. The van der Waals surface area contributed by atoms with E-state index in [4.69, 9.17) is 9.97 Å². The van der Waals surface area contributed by atoms with Crippen molar-refractivity contribution in [2.45, 2.75) is 0 Å². The van der Waals surface area contributed by atoms with E-state index in [1.807, 2.05) is 0 Å². The third-order valence-electron chi connectivity index (χ3n) is 11.2. The minimum Gasteiger partial charge on any atom is -0.308 e. The van der Waals surface area contributed by atoms with Gasteiger partial charge in [-0.05, 0) is 88.3 Å². The van der Waals surface area contributed by atoms with E-state index < -0.39 is 0 Å². The number of nitrogens with zero attached hydrogens (tertiary/aromatic N) is 4. The van der Waals surface area contributed by atoms with Crippen LogP contribution in [-0.4, -0.2) is 9.97 Å². The monoisotopic (exact) mass is 740 g/mol. The smallest absolute Gasteiger partial charge is 0.116 e. The molecular formula is C54H36N4. The Bertz CT molecular complexity index is 2950. The largest absolute Gasteiger partial charge is 0.308 e. The van der Waals surface area contributed by atoms with Crippen LogP contribution in [0.15, 0.2) is 218 Å². The van der Waals surface area contributed by atoms with Crippen LogP contribution < -0.4 is 9.80 Å². The van der Waals surface area contributed by atoms with Crippen LogP contribution in [0.5, 0.6) is 0 Å². The lowest BCUT2D eigenvalue weighted by molar-refractivity contribution is 1.23. The summed E-state index contributed by atoms with van der Waals surface area (Å²) in [7, 11) is 0. The molecule has 10 aromatic rings. The first-order valence-electron chi connectivity index (χ1n) is 19.7. The number of rotatable bonds is 8. The molecule has 0 atom stereocenters. The molecule has 0 saturated heterocycles. The highest BCUT2D eigenvalue weighted by molar-refractivity contribution is 6.15. The van der Waals surface area contributed by atoms with E-state index >= 15 is 0 Å². The van der Waals surface area contributed by atoms with Crippen molar-refractivity contribution in [1.29, 1.82) is 0 Å². The number of fused-ring (bicyclic) bond motifs is 4. The Hall–Kier alpha value is -7.82. The molecule has 0 spiro atoms. The number of hydrogen-bond donors (Lipinski definition) is 0. The van der Waals surface area contributed by atoms with E-state index in [-0.39, 0.29) is 0 Å². The Labute approximate surface area is 337 Å². The summed E-state index contributed by atoms with van der Waals surface area (Å²) in [6, 6.07) is 77.2. The Morgan fingerprint density at radius 1 is 0.276 bits per heavy atom. The van der Waals surface area contributed by atoms with Gasteiger partial charge in [-0.25, -0.2) is 9.97 Å². The van der Waals surface area contributed by atoms with Crippen LogP contribution in [0.2, 0.25) is 0 Å². The maximum Gasteiger partial charge on any atom is 0.116 e. The fraction of sp³-hybridized carbons (Fsp3) is 0. The van der Waals surface area contributed by atoms with E-state index in [0.29, 0.717) is 0 Å². The average molecular weight is 741 g/mol. The normalized spacial score (nSPS) is 11.4. The standard InChI is InChI=1S/C54H36N4/c1-5-15-37(16-6-1)39-27-31-44(32-28-39)58(45-33-29-40(30-34-45)38-17-7-2-8-18-38)49-36-35-48(57(42-21-9-3-10-22-42)43-23-11-4-12-24-43)53-54(49)56-52-47-26-14-20-41-19-13-25-46(50(41)47)51(52)55-53/h1-36H. The van der Waals surface area contributed by atoms with E-state index in [1.165, 1.54) is 21.9 Å². The molecule has 0 fully saturated rings. The summed E-state index contributed by atoms with van der Waals surface area (Å²) >= 11 is 0. The number of hydrogen-bond acceptors (Lipinski definition) is 4. The van der Waals surface area contributed by atoms with Gasteiger partial charge < -0.3 is 9.80 Å². The molecule has 1 aromatic heterocycles. The van der Waals surface area contributed by atoms with Crippen LogP contribution in [0.3, 0.4) is 0 Å². The van der Waals surface area contributed by atoms with Gasteiger partial charge in [-0.1, -0.05) is 158 Å². The molecule has 0 bridgehead atoms. The zero-order valence-electron chi connectivity index (χ0n) is 31.6. The molecule has 58 heavy (non-hydrogen) atoms. The van der Waals surface area contributed by atoms with Crippen molar-refractivity contribution in [1.82, 2.24) is 9.97 Å². The molecule has 11 rings (SSSR count). The second-order valence-corrected chi connectivity index (χ2v) is 14.6. The van der Waals surface area contributed by atoms with Gasteiger partial charge in [0.05, 0.1) is 22.8 Å². The van der Waals surface area contributed by atoms with E-state index in [2.05, 4.69) is 228 Å². The molecule has 1 aliphatic rings. The summed E-state index contributed by atoms with van der Waals surface area (Å²) in [6.07, 6.45) is 0. The molecule has 4 heteroatoms. The minimum atomic E-state index is 0.817. The van der Waals surface area contributed by atoms with E-state index in [9.17, 15) is 0 Å². The summed E-state index contributed by atoms with van der Waals surface area (Å²) in [5, 5.41) is 2.39. The van der Waals surface area contributed by atoms with Crippen molar-refractivity contribution >= 4 is 55.9 Å². The zero-order chi connectivity index (χ0) is 38.4. The van der Waals surface area contributed by atoms with Gasteiger partial charge in [0, 0.05) is 39.3 Å². The predicted octanol–water partition coefficient (Wildman–Crippen LogP) is 14.7. The van der Waals surface area contributed by atoms with Crippen molar-refractivity contribution in [2.75, 3.05) is 9.80 Å². The molecule has 0 saturated carbocycles. The minimum absolute atomic E-state index is 0.817. The van der Waals surface area contributed by atoms with Crippen molar-refractivity contribution in [3.63, 3.8) is 0 Å². The van der Waals surface area contributed by atoms with Crippen LogP contribution in [0.4, 0.5) is 34.1 Å². The summed E-state index contributed by atoms with van der Waals surface area (Å²) in [6.45, 7) is 0. The summed E-state index contributed by atoms with van der Waals surface area (Å²) in [5.41, 5.74) is 16.4. The van der Waals surface area contributed by atoms with Crippen molar-refractivity contribution in [3.05, 3.63) is 218 Å². The fourth-order valence-corrected chi connectivity index (χ4v) is 8.46.